The Bertz CT molecular complexity index is 3630. The van der Waals surface area contributed by atoms with Crippen molar-refractivity contribution in [1.82, 2.24) is 61.6 Å². The number of nitrogens with zero attached hydrogens (tertiary/aromatic N) is 7. The average molecular weight is 1290 g/mol. The minimum atomic E-state index is -1.58. The number of fused-ring (bicyclic) bond motifs is 1. The van der Waals surface area contributed by atoms with Crippen molar-refractivity contribution in [2.24, 2.45) is 17.6 Å². The number of pyridine rings is 2. The molecule has 5 aromatic rings. The number of β-amino-alcohol motifs (C(OH)–C–C–N with tert-alkyl or cyclic N) is 1. The number of nitrogens with one attached hydrogen (secondary N) is 9. The third kappa shape index (κ3) is 19.0. The van der Waals surface area contributed by atoms with Gasteiger partial charge in [0, 0.05) is 88.5 Å². The average Bonchev–Trinajstić information content (AvgIpc) is 1.63. The number of para-hydroxylation sites is 1. The van der Waals surface area contributed by atoms with Crippen LogP contribution in [0.25, 0.3) is 10.9 Å². The number of phenols is 1. The number of aromatic nitrogens is 3. The Morgan fingerprint density at radius 1 is 0.713 bits per heavy atom. The number of carbonyl (C=O) groups is 10. The first kappa shape index (κ1) is 70.8. The number of nitrogens with two attached hydrogens (primary N) is 1. The molecule has 0 saturated carbocycles. The number of hydrogen-bond acceptors (Lipinski definition) is 18. The second-order valence-corrected chi connectivity index (χ2v) is 24.0. The predicted octanol–water partition coefficient (Wildman–Crippen LogP) is 0.334. The zero-order valence-corrected chi connectivity index (χ0v) is 53.2. The smallest absolute Gasteiger partial charge is 0.246 e. The topological polar surface area (TPSA) is 432 Å². The van der Waals surface area contributed by atoms with Crippen LogP contribution in [0.2, 0.25) is 0 Å². The van der Waals surface area contributed by atoms with Gasteiger partial charge in [-0.2, -0.15) is 10.5 Å². The molecule has 0 bridgehead atoms. The Morgan fingerprint density at radius 2 is 1.32 bits per heavy atom. The van der Waals surface area contributed by atoms with Gasteiger partial charge < -0.3 is 78.2 Å². The SMILES string of the molecule is CNC(=O)[C@H](CCNc1ccc(C#N)cn1)NC(=O)[C@H](Cc1c[nH]c2ccccc12)NC(=O)[C@@H]1C[C@@H](O)CN1C(=O)[C@H](CC(C)C)NC(=O)[C@H](CNc1ccc(C#N)cn1)NC(=O)[C@@H]1CCCN1C(=O)[C@H](CC(N)=O)NC(=O)[C@H](C)N(C)C(=O)[C@@H](C)Cc1ccc(O)cc1. The van der Waals surface area contributed by atoms with E-state index >= 15 is 4.79 Å². The molecule has 3 aromatic heterocycles. The number of aliphatic hydroxyl groups excluding tert-OH is 1. The summed E-state index contributed by atoms with van der Waals surface area (Å²) in [5.74, 6) is -7.86. The van der Waals surface area contributed by atoms with Crippen molar-refractivity contribution in [3.63, 3.8) is 0 Å². The van der Waals surface area contributed by atoms with Crippen molar-refractivity contribution in [2.75, 3.05) is 50.9 Å². The predicted molar refractivity (Wildman–Crippen MR) is 343 cm³/mol. The number of anilines is 2. The number of rotatable bonds is 30. The number of aromatic hydroxyl groups is 1. The van der Waals surface area contributed by atoms with E-state index in [0.29, 0.717) is 23.4 Å². The number of benzene rings is 2. The Hall–Kier alpha value is -10.7. The molecular weight excluding hydrogens is 1210 g/mol. The van der Waals surface area contributed by atoms with Gasteiger partial charge in [0.2, 0.25) is 59.1 Å². The summed E-state index contributed by atoms with van der Waals surface area (Å²) in [7, 11) is 2.82. The van der Waals surface area contributed by atoms with Gasteiger partial charge in [0.25, 0.3) is 0 Å². The van der Waals surface area contributed by atoms with Crippen LogP contribution < -0.4 is 48.3 Å². The molecule has 29 nitrogen and oxygen atoms in total. The van der Waals surface area contributed by atoms with Crippen LogP contribution in [0.1, 0.15) is 88.5 Å². The number of likely N-dealkylation sites (tertiary alicyclic amines) is 2. The van der Waals surface area contributed by atoms with E-state index in [4.69, 9.17) is 5.73 Å². The maximum atomic E-state index is 15.0. The molecule has 5 heterocycles. The molecule has 2 aromatic carbocycles. The molecule has 10 amide bonds. The summed E-state index contributed by atoms with van der Waals surface area (Å²) in [5.41, 5.74) is 8.32. The van der Waals surface area contributed by atoms with Crippen LogP contribution in [-0.4, -0.2) is 194 Å². The van der Waals surface area contributed by atoms with Crippen molar-refractivity contribution >= 4 is 81.6 Å². The number of aliphatic hydroxyl groups is 1. The molecule has 29 heteroatoms. The van der Waals surface area contributed by atoms with Gasteiger partial charge in [-0.3, -0.25) is 47.9 Å². The standard InChI is InChI=1S/C65H81N17O12/c1-36(2)24-49(65(94)82-35-44(84)27-53(82)62(91)76-48(26-42-33-71-46-11-8-7-10-45(42)46)59(88)75-47(58(87)69-5)21-22-70-55-19-15-40(29-66)31-72-55)78-60(89)51(34-74-56-20-16-41(30-67)32-73-56)79-61(90)52-12-9-23-81(52)64(93)50(28-54(68)85)77-57(86)38(4)80(6)63(92)37(3)25-39-13-17-43(83)18-14-39/h7-8,10-11,13-20,31-33,36-38,44,47-53,71,83-84H,9,12,21-28,34-35H2,1-6H3,(H2,68,85)(H,69,87)(H,70,72)(H,73,74)(H,75,88)(H,76,91)(H,77,86)(H,78,89)(H,79,90)/t37-,38-,44+,47-,48-,49-,50-,51-,52-,53-/m0/s1. The Kier molecular flexibility index (Phi) is 24.9. The molecule has 7 rings (SSSR count). The normalized spacial score (nSPS) is 17.3. The number of aromatic amines is 1. The van der Waals surface area contributed by atoms with Crippen LogP contribution in [0.3, 0.4) is 0 Å². The number of likely N-dealkylation sites (N-methyl/N-ethyl adjacent to an activating group) is 2. The number of hydrogen-bond donors (Lipinski definition) is 12. The fourth-order valence-corrected chi connectivity index (χ4v) is 11.3. The zero-order valence-electron chi connectivity index (χ0n) is 53.2. The molecule has 0 unspecified atom stereocenters. The van der Waals surface area contributed by atoms with E-state index in [1.54, 1.807) is 57.3 Å². The number of primary amides is 1. The number of carbonyl (C=O) groups excluding carboxylic acids is 10. The van der Waals surface area contributed by atoms with Crippen LogP contribution >= 0.6 is 0 Å². The highest BCUT2D eigenvalue weighted by molar-refractivity contribution is 6.00. The summed E-state index contributed by atoms with van der Waals surface area (Å²) in [6, 6.07) is 12.9. The van der Waals surface area contributed by atoms with E-state index in [2.05, 4.69) is 57.5 Å². The third-order valence-electron chi connectivity index (χ3n) is 16.5. The molecule has 2 saturated heterocycles. The summed E-state index contributed by atoms with van der Waals surface area (Å²) < 4.78 is 0. The molecule has 13 N–H and O–H groups in total. The molecule has 94 heavy (non-hydrogen) atoms. The highest BCUT2D eigenvalue weighted by Crippen LogP contribution is 2.25. The lowest BCUT2D eigenvalue weighted by atomic mass is 9.99. The summed E-state index contributed by atoms with van der Waals surface area (Å²) in [6.07, 6.45) is 2.77. The minimum absolute atomic E-state index is 0.0146. The monoisotopic (exact) mass is 1290 g/mol. The largest absolute Gasteiger partial charge is 0.508 e. The van der Waals surface area contributed by atoms with Crippen LogP contribution in [0.15, 0.2) is 91.4 Å². The van der Waals surface area contributed by atoms with Crippen molar-refractivity contribution in [3.8, 4) is 17.9 Å². The molecule has 2 aliphatic heterocycles. The van der Waals surface area contributed by atoms with E-state index in [0.717, 1.165) is 26.3 Å². The maximum absolute atomic E-state index is 15.0. The molecular formula is C65H81N17O12. The van der Waals surface area contributed by atoms with Gasteiger partial charge in [-0.05, 0) is 98.5 Å². The Balaban J connectivity index is 1.08. The van der Waals surface area contributed by atoms with Crippen LogP contribution in [0.4, 0.5) is 11.6 Å². The molecule has 0 aliphatic carbocycles. The van der Waals surface area contributed by atoms with E-state index in [-0.39, 0.29) is 87.8 Å². The Morgan fingerprint density at radius 3 is 1.95 bits per heavy atom. The highest BCUT2D eigenvalue weighted by atomic mass is 16.3. The summed E-state index contributed by atoms with van der Waals surface area (Å²) in [4.78, 5) is 156. The molecule has 498 valence electrons. The summed E-state index contributed by atoms with van der Waals surface area (Å²) in [5, 5.41) is 62.4. The first-order chi connectivity index (χ1) is 44.9. The lowest BCUT2D eigenvalue weighted by molar-refractivity contribution is -0.145. The quantitative estimate of drug-likeness (QED) is 0.0295. The minimum Gasteiger partial charge on any atom is -0.508 e. The first-order valence-corrected chi connectivity index (χ1v) is 31.0. The highest BCUT2D eigenvalue weighted by Gasteiger charge is 2.45. The van der Waals surface area contributed by atoms with E-state index < -0.39 is 126 Å². The van der Waals surface area contributed by atoms with Crippen LogP contribution in [0, 0.1) is 34.5 Å². The van der Waals surface area contributed by atoms with Gasteiger partial charge in [-0.25, -0.2) is 9.97 Å². The summed E-state index contributed by atoms with van der Waals surface area (Å²) >= 11 is 0. The third-order valence-corrected chi connectivity index (χ3v) is 16.5. The van der Waals surface area contributed by atoms with Crippen molar-refractivity contribution in [3.05, 3.63) is 114 Å². The van der Waals surface area contributed by atoms with Crippen molar-refractivity contribution in [2.45, 2.75) is 134 Å². The van der Waals surface area contributed by atoms with Gasteiger partial charge in [-0.1, -0.05) is 51.1 Å². The molecule has 0 radical (unpaired) electrons. The number of nitriles is 2. The van der Waals surface area contributed by atoms with Crippen LogP contribution in [0.5, 0.6) is 5.75 Å². The van der Waals surface area contributed by atoms with Gasteiger partial charge in [0.1, 0.15) is 77.9 Å². The number of amides is 10. The fraction of sp³-hybridized carbons (Fsp3) is 0.446. The van der Waals surface area contributed by atoms with E-state index in [1.807, 2.05) is 30.3 Å². The van der Waals surface area contributed by atoms with Gasteiger partial charge in [0.05, 0.1) is 23.7 Å². The summed E-state index contributed by atoms with van der Waals surface area (Å²) in [6.45, 7) is 6.09. The zero-order chi connectivity index (χ0) is 68.3. The number of H-pyrrole nitrogens is 1. The van der Waals surface area contributed by atoms with E-state index in [9.17, 15) is 63.9 Å². The van der Waals surface area contributed by atoms with Crippen molar-refractivity contribution < 1.29 is 58.2 Å². The van der Waals surface area contributed by atoms with Gasteiger partial charge in [0.15, 0.2) is 0 Å². The second-order valence-electron chi connectivity index (χ2n) is 24.0. The first-order valence-electron chi connectivity index (χ1n) is 31.0. The second kappa shape index (κ2) is 33.1. The molecule has 2 aliphatic rings. The molecule has 0 spiro atoms. The molecule has 2 fully saturated rings. The van der Waals surface area contributed by atoms with Crippen molar-refractivity contribution in [1.29, 1.82) is 10.5 Å². The molecule has 10 atom stereocenters. The fourth-order valence-electron chi connectivity index (χ4n) is 11.3. The van der Waals surface area contributed by atoms with Gasteiger partial charge >= 0.3 is 0 Å². The lowest BCUT2D eigenvalue weighted by Crippen LogP contribution is -2.61. The van der Waals surface area contributed by atoms with Crippen LogP contribution in [-0.2, 0) is 60.8 Å². The van der Waals surface area contributed by atoms with Gasteiger partial charge in [-0.15, -0.1) is 0 Å². The van der Waals surface area contributed by atoms with E-state index in [1.165, 1.54) is 62.6 Å². The maximum Gasteiger partial charge on any atom is 0.246 e. The lowest BCUT2D eigenvalue weighted by Gasteiger charge is -2.32. The Labute approximate surface area is 543 Å². The number of phenolic OH excluding ortho intramolecular Hbond substituents is 1.